The molecular formula is C22H29N3O2. The van der Waals surface area contributed by atoms with Crippen molar-refractivity contribution in [3.8, 4) is 0 Å². The molecule has 5 heteroatoms. The minimum absolute atomic E-state index is 0.153. The van der Waals surface area contributed by atoms with Crippen LogP contribution >= 0.6 is 0 Å². The minimum Gasteiger partial charge on any atom is -0.360 e. The summed E-state index contributed by atoms with van der Waals surface area (Å²) in [7, 11) is 0. The van der Waals surface area contributed by atoms with Gasteiger partial charge in [0.2, 0.25) is 0 Å². The molecule has 1 saturated heterocycles. The predicted octanol–water partition coefficient (Wildman–Crippen LogP) is 3.99. The van der Waals surface area contributed by atoms with Gasteiger partial charge in [0.15, 0.2) is 5.76 Å². The first-order valence-corrected chi connectivity index (χ1v) is 10.2. The van der Waals surface area contributed by atoms with E-state index in [0.717, 1.165) is 49.7 Å². The molecule has 0 bridgehead atoms. The smallest absolute Gasteiger partial charge is 0.253 e. The fraction of sp³-hybridized carbons (Fsp3) is 0.545. The highest BCUT2D eigenvalue weighted by atomic mass is 16.5. The van der Waals surface area contributed by atoms with E-state index in [-0.39, 0.29) is 5.91 Å². The Balaban J connectivity index is 1.31. The summed E-state index contributed by atoms with van der Waals surface area (Å²) in [4.78, 5) is 17.1. The van der Waals surface area contributed by atoms with Gasteiger partial charge in [-0.15, -0.1) is 0 Å². The highest BCUT2D eigenvalue weighted by Gasteiger charge is 2.23. The number of nitrogens with zero attached hydrogens (tertiary/aromatic N) is 3. The first kappa shape index (κ1) is 18.2. The topological polar surface area (TPSA) is 49.6 Å². The average molecular weight is 367 g/mol. The van der Waals surface area contributed by atoms with Crippen molar-refractivity contribution in [1.29, 1.82) is 0 Å². The molecule has 144 valence electrons. The standard InChI is InChI=1S/C22H29N3O2/c1-17-15-21(27-23-17)16-24-11-13-25(14-12-24)22(26)20-9-7-19(8-10-20)18-5-3-2-4-6-18/h7-10,15,18H,2-6,11-14,16H2,1H3. The van der Waals surface area contributed by atoms with Gasteiger partial charge >= 0.3 is 0 Å². The number of aryl methyl sites for hydroxylation is 1. The van der Waals surface area contributed by atoms with Gasteiger partial charge in [0.1, 0.15) is 0 Å². The number of hydrogen-bond donors (Lipinski definition) is 0. The summed E-state index contributed by atoms with van der Waals surface area (Å²) in [6.07, 6.45) is 6.63. The second-order valence-corrected chi connectivity index (χ2v) is 7.96. The van der Waals surface area contributed by atoms with Gasteiger partial charge in [-0.05, 0) is 43.4 Å². The van der Waals surface area contributed by atoms with Gasteiger partial charge in [0, 0.05) is 37.8 Å². The van der Waals surface area contributed by atoms with Crippen molar-refractivity contribution >= 4 is 5.91 Å². The van der Waals surface area contributed by atoms with Gasteiger partial charge in [-0.2, -0.15) is 0 Å². The molecule has 27 heavy (non-hydrogen) atoms. The molecule has 1 aromatic carbocycles. The lowest BCUT2D eigenvalue weighted by Gasteiger charge is -2.34. The van der Waals surface area contributed by atoms with Gasteiger partial charge in [-0.1, -0.05) is 36.6 Å². The SMILES string of the molecule is Cc1cc(CN2CCN(C(=O)c3ccc(C4CCCCC4)cc3)CC2)on1. The summed E-state index contributed by atoms with van der Waals surface area (Å²) in [5, 5.41) is 3.94. The molecule has 2 aromatic rings. The normalized spacial score (nSPS) is 19.4. The van der Waals surface area contributed by atoms with E-state index in [2.05, 4.69) is 22.2 Å². The van der Waals surface area contributed by atoms with Crippen LogP contribution in [0.4, 0.5) is 0 Å². The number of rotatable bonds is 4. The first-order chi connectivity index (χ1) is 13.2. The van der Waals surface area contributed by atoms with E-state index in [1.165, 1.54) is 37.7 Å². The zero-order valence-corrected chi connectivity index (χ0v) is 16.2. The number of benzene rings is 1. The maximum Gasteiger partial charge on any atom is 0.253 e. The van der Waals surface area contributed by atoms with Crippen LogP contribution in [-0.4, -0.2) is 47.0 Å². The van der Waals surface area contributed by atoms with Crippen molar-refractivity contribution in [2.75, 3.05) is 26.2 Å². The lowest BCUT2D eigenvalue weighted by atomic mass is 9.84. The Kier molecular flexibility index (Phi) is 5.58. The molecule has 0 N–H and O–H groups in total. The molecule has 2 aliphatic rings. The highest BCUT2D eigenvalue weighted by molar-refractivity contribution is 5.94. The van der Waals surface area contributed by atoms with Crippen molar-refractivity contribution in [1.82, 2.24) is 15.0 Å². The van der Waals surface area contributed by atoms with Crippen LogP contribution < -0.4 is 0 Å². The van der Waals surface area contributed by atoms with Gasteiger partial charge in [0.25, 0.3) is 5.91 Å². The summed E-state index contributed by atoms with van der Waals surface area (Å²) in [6.45, 7) is 5.95. The van der Waals surface area contributed by atoms with E-state index in [1.54, 1.807) is 0 Å². The summed E-state index contributed by atoms with van der Waals surface area (Å²) >= 11 is 0. The van der Waals surface area contributed by atoms with Crippen LogP contribution in [0.2, 0.25) is 0 Å². The van der Waals surface area contributed by atoms with Crippen LogP contribution in [0.1, 0.15) is 65.4 Å². The maximum absolute atomic E-state index is 12.8. The molecule has 2 heterocycles. The Morgan fingerprint density at radius 3 is 2.41 bits per heavy atom. The average Bonchev–Trinajstić information content (AvgIpc) is 3.13. The number of carbonyl (C=O) groups excluding carboxylic acids is 1. The van der Waals surface area contributed by atoms with Gasteiger partial charge in [-0.25, -0.2) is 0 Å². The maximum atomic E-state index is 12.8. The van der Waals surface area contributed by atoms with Crippen LogP contribution in [-0.2, 0) is 6.54 Å². The number of hydrogen-bond acceptors (Lipinski definition) is 4. The van der Waals surface area contributed by atoms with Crippen LogP contribution in [0.15, 0.2) is 34.9 Å². The fourth-order valence-corrected chi connectivity index (χ4v) is 4.34. The van der Waals surface area contributed by atoms with E-state index in [0.29, 0.717) is 5.92 Å². The molecule has 0 atom stereocenters. The van der Waals surface area contributed by atoms with Crippen LogP contribution in [0.5, 0.6) is 0 Å². The third-order valence-corrected chi connectivity index (χ3v) is 5.95. The molecule has 2 fully saturated rings. The monoisotopic (exact) mass is 367 g/mol. The lowest BCUT2D eigenvalue weighted by molar-refractivity contribution is 0.0617. The van der Waals surface area contributed by atoms with Crippen molar-refractivity contribution in [3.63, 3.8) is 0 Å². The summed E-state index contributed by atoms with van der Waals surface area (Å²) in [5.41, 5.74) is 3.13. The van der Waals surface area contributed by atoms with Crippen molar-refractivity contribution < 1.29 is 9.32 Å². The molecule has 1 saturated carbocycles. The Labute approximate surface area is 161 Å². The van der Waals surface area contributed by atoms with Crippen LogP contribution in [0, 0.1) is 6.92 Å². The molecule has 0 unspecified atom stereocenters. The largest absolute Gasteiger partial charge is 0.360 e. The molecule has 1 aliphatic carbocycles. The Morgan fingerprint density at radius 1 is 1.07 bits per heavy atom. The minimum atomic E-state index is 0.153. The second-order valence-electron chi connectivity index (χ2n) is 7.96. The van der Waals surface area contributed by atoms with Gasteiger partial charge in [0.05, 0.1) is 12.2 Å². The Hall–Kier alpha value is -2.14. The quantitative estimate of drug-likeness (QED) is 0.820. The number of amides is 1. The number of aromatic nitrogens is 1. The van der Waals surface area contributed by atoms with Gasteiger partial charge in [-0.3, -0.25) is 9.69 Å². The molecule has 1 aliphatic heterocycles. The summed E-state index contributed by atoms with van der Waals surface area (Å²) in [5.74, 6) is 1.73. The number of carbonyl (C=O) groups is 1. The molecule has 1 aromatic heterocycles. The second kappa shape index (κ2) is 8.26. The zero-order valence-electron chi connectivity index (χ0n) is 16.2. The van der Waals surface area contributed by atoms with Gasteiger partial charge < -0.3 is 9.42 Å². The first-order valence-electron chi connectivity index (χ1n) is 10.2. The molecule has 0 spiro atoms. The van der Waals surface area contributed by atoms with E-state index >= 15 is 0 Å². The van der Waals surface area contributed by atoms with E-state index in [4.69, 9.17) is 4.52 Å². The lowest BCUT2D eigenvalue weighted by Crippen LogP contribution is -2.48. The zero-order chi connectivity index (χ0) is 18.6. The third kappa shape index (κ3) is 4.41. The Morgan fingerprint density at radius 2 is 1.78 bits per heavy atom. The molecule has 1 amide bonds. The van der Waals surface area contributed by atoms with Crippen LogP contribution in [0.25, 0.3) is 0 Å². The van der Waals surface area contributed by atoms with Crippen molar-refractivity contribution in [2.45, 2.75) is 51.5 Å². The van der Waals surface area contributed by atoms with Crippen molar-refractivity contribution in [3.05, 3.63) is 52.9 Å². The summed E-state index contributed by atoms with van der Waals surface area (Å²) in [6, 6.07) is 10.4. The van der Waals surface area contributed by atoms with Crippen LogP contribution in [0.3, 0.4) is 0 Å². The third-order valence-electron chi connectivity index (χ3n) is 5.95. The Bertz CT molecular complexity index is 754. The molecule has 4 rings (SSSR count). The number of piperazine rings is 1. The molecule has 0 radical (unpaired) electrons. The van der Waals surface area contributed by atoms with Crippen molar-refractivity contribution in [2.24, 2.45) is 0 Å². The van der Waals surface area contributed by atoms with E-state index in [9.17, 15) is 4.79 Å². The fourth-order valence-electron chi connectivity index (χ4n) is 4.34. The highest BCUT2D eigenvalue weighted by Crippen LogP contribution is 2.32. The molecular weight excluding hydrogens is 338 g/mol. The predicted molar refractivity (Wildman–Crippen MR) is 105 cm³/mol. The van der Waals surface area contributed by atoms with E-state index < -0.39 is 0 Å². The van der Waals surface area contributed by atoms with E-state index in [1.807, 2.05) is 30.0 Å². The summed E-state index contributed by atoms with van der Waals surface area (Å²) < 4.78 is 5.30. The molecule has 5 nitrogen and oxygen atoms in total.